The van der Waals surface area contributed by atoms with Gasteiger partial charge in [-0.25, -0.2) is 13.4 Å². The normalized spacial score (nSPS) is 16.2. The van der Waals surface area contributed by atoms with Gasteiger partial charge in [-0.3, -0.25) is 4.99 Å². The fourth-order valence-corrected chi connectivity index (χ4v) is 4.66. The highest BCUT2D eigenvalue weighted by atomic mass is 32.2. The highest BCUT2D eigenvalue weighted by molar-refractivity contribution is 7.89. The number of hydrogen-bond donors (Lipinski definition) is 2. The molecule has 1 fully saturated rings. The molecule has 3 N–H and O–H groups in total. The summed E-state index contributed by atoms with van der Waals surface area (Å²) in [6.45, 7) is 5.40. The molecule has 0 aromatic carbocycles. The van der Waals surface area contributed by atoms with Crippen molar-refractivity contribution in [1.29, 1.82) is 0 Å². The predicted octanol–water partition coefficient (Wildman–Crippen LogP) is 1.80. The zero-order chi connectivity index (χ0) is 21.0. The molecule has 2 rings (SSSR count). The van der Waals surface area contributed by atoms with Crippen molar-refractivity contribution in [2.24, 2.45) is 10.7 Å². The van der Waals surface area contributed by atoms with Crippen molar-refractivity contribution >= 4 is 21.8 Å². The second-order valence-electron chi connectivity index (χ2n) is 7.35. The number of aliphatic imine (C=N–C) groups is 1. The van der Waals surface area contributed by atoms with Crippen LogP contribution in [0, 0.1) is 0 Å². The molecule has 0 unspecified atom stereocenters. The van der Waals surface area contributed by atoms with Crippen LogP contribution in [0.3, 0.4) is 0 Å². The van der Waals surface area contributed by atoms with Gasteiger partial charge >= 0.3 is 0 Å². The third kappa shape index (κ3) is 8.57. The van der Waals surface area contributed by atoms with Crippen LogP contribution in [0.15, 0.2) is 29.4 Å². The lowest BCUT2D eigenvalue weighted by Crippen LogP contribution is -2.50. The van der Waals surface area contributed by atoms with E-state index in [1.165, 1.54) is 25.7 Å². The number of anilines is 1. The third-order valence-electron chi connectivity index (χ3n) is 5.07. The van der Waals surface area contributed by atoms with Crippen molar-refractivity contribution in [2.45, 2.75) is 45.4 Å². The average molecular weight is 425 g/mol. The van der Waals surface area contributed by atoms with Crippen molar-refractivity contribution in [3.63, 3.8) is 0 Å². The van der Waals surface area contributed by atoms with Crippen molar-refractivity contribution in [2.75, 3.05) is 49.9 Å². The molecule has 1 saturated heterocycles. The highest BCUT2D eigenvalue weighted by Crippen LogP contribution is 2.14. The first kappa shape index (κ1) is 23.4. The lowest BCUT2D eigenvalue weighted by atomic mass is 10.1. The summed E-state index contributed by atoms with van der Waals surface area (Å²) in [5.74, 6) is 1.23. The molecule has 2 heterocycles. The highest BCUT2D eigenvalue weighted by Gasteiger charge is 2.26. The summed E-state index contributed by atoms with van der Waals surface area (Å²) in [5.41, 5.74) is 5.84. The number of guanidine groups is 1. The molecule has 0 radical (unpaired) electrons. The van der Waals surface area contributed by atoms with E-state index in [0.29, 0.717) is 38.7 Å². The van der Waals surface area contributed by atoms with Gasteiger partial charge in [0.15, 0.2) is 5.96 Å². The summed E-state index contributed by atoms with van der Waals surface area (Å²) in [7, 11) is -3.31. The van der Waals surface area contributed by atoms with Gasteiger partial charge in [-0.2, -0.15) is 4.31 Å². The van der Waals surface area contributed by atoms with Gasteiger partial charge in [0, 0.05) is 45.5 Å². The lowest BCUT2D eigenvalue weighted by molar-refractivity contribution is 0.384. The first-order valence-electron chi connectivity index (χ1n) is 10.7. The van der Waals surface area contributed by atoms with Crippen LogP contribution in [0.4, 0.5) is 5.82 Å². The van der Waals surface area contributed by atoms with Gasteiger partial charge in [0.05, 0.1) is 5.75 Å². The van der Waals surface area contributed by atoms with Gasteiger partial charge in [0.1, 0.15) is 5.82 Å². The van der Waals surface area contributed by atoms with Gasteiger partial charge in [-0.15, -0.1) is 0 Å². The monoisotopic (exact) mass is 424 g/mol. The molecule has 0 atom stereocenters. The van der Waals surface area contributed by atoms with Crippen LogP contribution in [-0.2, 0) is 10.0 Å². The SMILES string of the molecule is CCCCCCCCN=C(N)NCCS(=O)(=O)N1CCN(c2ccccn2)CC1. The summed E-state index contributed by atoms with van der Waals surface area (Å²) < 4.78 is 26.7. The molecular weight excluding hydrogens is 388 g/mol. The zero-order valence-electron chi connectivity index (χ0n) is 17.6. The van der Waals surface area contributed by atoms with Crippen LogP contribution in [0.25, 0.3) is 0 Å². The molecule has 0 spiro atoms. The van der Waals surface area contributed by atoms with E-state index in [1.54, 1.807) is 10.5 Å². The molecule has 1 aromatic rings. The van der Waals surface area contributed by atoms with E-state index in [1.807, 2.05) is 18.2 Å². The summed E-state index contributed by atoms with van der Waals surface area (Å²) in [4.78, 5) is 10.7. The Hall–Kier alpha value is -1.87. The fraction of sp³-hybridized carbons (Fsp3) is 0.700. The molecule has 1 aliphatic rings. The second-order valence-corrected chi connectivity index (χ2v) is 9.44. The molecular formula is C20H36N6O2S. The Balaban J connectivity index is 1.63. The number of hydrogen-bond acceptors (Lipinski definition) is 5. The number of aromatic nitrogens is 1. The van der Waals surface area contributed by atoms with E-state index in [0.717, 1.165) is 18.7 Å². The maximum Gasteiger partial charge on any atom is 0.215 e. The number of pyridine rings is 1. The largest absolute Gasteiger partial charge is 0.370 e. The Morgan fingerprint density at radius 2 is 1.86 bits per heavy atom. The summed E-state index contributed by atoms with van der Waals surface area (Å²) in [6.07, 6.45) is 8.99. The summed E-state index contributed by atoms with van der Waals surface area (Å²) >= 11 is 0. The Morgan fingerprint density at radius 1 is 1.14 bits per heavy atom. The minimum atomic E-state index is -3.31. The summed E-state index contributed by atoms with van der Waals surface area (Å²) in [5, 5.41) is 2.93. The smallest absolute Gasteiger partial charge is 0.215 e. The van der Waals surface area contributed by atoms with Crippen molar-refractivity contribution in [3.8, 4) is 0 Å². The third-order valence-corrected chi connectivity index (χ3v) is 6.94. The van der Waals surface area contributed by atoms with E-state index >= 15 is 0 Å². The van der Waals surface area contributed by atoms with E-state index in [4.69, 9.17) is 5.73 Å². The van der Waals surface area contributed by atoms with Crippen LogP contribution in [-0.4, -0.2) is 68.7 Å². The van der Waals surface area contributed by atoms with E-state index < -0.39 is 10.0 Å². The standard InChI is InChI=1S/C20H36N6O2S/c1-2-3-4-5-6-8-12-23-20(21)24-13-18-29(27,28)26-16-14-25(15-17-26)19-10-7-9-11-22-19/h7,9-11H,2-6,8,12-18H2,1H3,(H3,21,23,24). The number of nitrogens with one attached hydrogen (secondary N) is 1. The van der Waals surface area contributed by atoms with E-state index in [-0.39, 0.29) is 12.3 Å². The van der Waals surface area contributed by atoms with Gasteiger partial charge in [-0.1, -0.05) is 45.1 Å². The van der Waals surface area contributed by atoms with Crippen LogP contribution in [0.5, 0.6) is 0 Å². The minimum absolute atomic E-state index is 0.0177. The van der Waals surface area contributed by atoms with Crippen LogP contribution >= 0.6 is 0 Å². The Morgan fingerprint density at radius 3 is 2.55 bits per heavy atom. The molecule has 1 aromatic heterocycles. The van der Waals surface area contributed by atoms with E-state index in [2.05, 4.69) is 27.1 Å². The number of rotatable bonds is 12. The fourth-order valence-electron chi connectivity index (χ4n) is 3.32. The van der Waals surface area contributed by atoms with E-state index in [9.17, 15) is 8.42 Å². The molecule has 0 amide bonds. The van der Waals surface area contributed by atoms with Crippen LogP contribution in [0.1, 0.15) is 45.4 Å². The Kier molecular flexibility index (Phi) is 10.2. The van der Waals surface area contributed by atoms with Crippen molar-refractivity contribution in [3.05, 3.63) is 24.4 Å². The molecule has 1 aliphatic heterocycles. The van der Waals surface area contributed by atoms with Crippen LogP contribution in [0.2, 0.25) is 0 Å². The van der Waals surface area contributed by atoms with Crippen LogP contribution < -0.4 is 16.0 Å². The molecule has 29 heavy (non-hydrogen) atoms. The van der Waals surface area contributed by atoms with Crippen molar-refractivity contribution in [1.82, 2.24) is 14.6 Å². The molecule has 9 heteroatoms. The molecule has 164 valence electrons. The lowest BCUT2D eigenvalue weighted by Gasteiger charge is -2.34. The first-order valence-corrected chi connectivity index (χ1v) is 12.3. The van der Waals surface area contributed by atoms with Gasteiger partial charge in [0.25, 0.3) is 0 Å². The Bertz CT molecular complexity index is 703. The maximum absolute atomic E-state index is 12.6. The number of unbranched alkanes of at least 4 members (excludes halogenated alkanes) is 5. The van der Waals surface area contributed by atoms with Gasteiger partial charge < -0.3 is 16.0 Å². The first-order chi connectivity index (χ1) is 14.0. The quantitative estimate of drug-likeness (QED) is 0.301. The van der Waals surface area contributed by atoms with Crippen molar-refractivity contribution < 1.29 is 8.42 Å². The second kappa shape index (κ2) is 12.6. The van der Waals surface area contributed by atoms with Gasteiger partial charge in [0.2, 0.25) is 10.0 Å². The topological polar surface area (TPSA) is 104 Å². The maximum atomic E-state index is 12.6. The molecule has 0 bridgehead atoms. The minimum Gasteiger partial charge on any atom is -0.370 e. The Labute approximate surface area is 175 Å². The number of nitrogens with two attached hydrogens (primary N) is 1. The summed E-state index contributed by atoms with van der Waals surface area (Å²) in [6, 6.07) is 5.76. The molecule has 8 nitrogen and oxygen atoms in total. The number of nitrogens with zero attached hydrogens (tertiary/aromatic N) is 4. The van der Waals surface area contributed by atoms with Gasteiger partial charge in [-0.05, 0) is 18.6 Å². The molecule has 0 saturated carbocycles. The zero-order valence-corrected chi connectivity index (χ0v) is 18.4. The molecule has 0 aliphatic carbocycles. The predicted molar refractivity (Wildman–Crippen MR) is 120 cm³/mol. The number of piperazine rings is 1. The number of sulfonamides is 1. The average Bonchev–Trinajstić information content (AvgIpc) is 2.74.